The van der Waals surface area contributed by atoms with Crippen molar-refractivity contribution in [3.8, 4) is 0 Å². The molecule has 0 saturated heterocycles. The van der Waals surface area contributed by atoms with Gasteiger partial charge in [-0.3, -0.25) is 9.59 Å². The van der Waals surface area contributed by atoms with Crippen LogP contribution in [-0.4, -0.2) is 39.9 Å². The second-order valence-electron chi connectivity index (χ2n) is 5.92. The van der Waals surface area contributed by atoms with Crippen LogP contribution in [0.5, 0.6) is 0 Å². The molecule has 8 heteroatoms. The minimum Gasteiger partial charge on any atom is -0.372 e. The SMILES string of the molecule is CCC(=O)Nc1cn(CC(=O)Nc2ccc(N(CC)CC)cc2C)nn1. The maximum absolute atomic E-state index is 12.3. The Morgan fingerprint density at radius 2 is 1.85 bits per heavy atom. The number of aryl methyl sites for hydroxylation is 1. The fourth-order valence-electron chi connectivity index (χ4n) is 2.57. The van der Waals surface area contributed by atoms with Gasteiger partial charge in [-0.1, -0.05) is 12.1 Å². The van der Waals surface area contributed by atoms with Gasteiger partial charge in [0.1, 0.15) is 6.54 Å². The molecule has 0 radical (unpaired) electrons. The lowest BCUT2D eigenvalue weighted by Gasteiger charge is -2.22. The zero-order chi connectivity index (χ0) is 19.1. The van der Waals surface area contributed by atoms with E-state index in [1.54, 1.807) is 6.92 Å². The summed E-state index contributed by atoms with van der Waals surface area (Å²) in [6.07, 6.45) is 1.89. The van der Waals surface area contributed by atoms with Crippen LogP contribution in [0.25, 0.3) is 0 Å². The molecule has 0 fully saturated rings. The predicted molar refractivity (Wildman–Crippen MR) is 102 cm³/mol. The average molecular weight is 358 g/mol. The Labute approximate surface area is 153 Å². The van der Waals surface area contributed by atoms with Crippen molar-refractivity contribution in [1.82, 2.24) is 15.0 Å². The number of aromatic nitrogens is 3. The number of carbonyl (C=O) groups is 2. The van der Waals surface area contributed by atoms with E-state index in [-0.39, 0.29) is 18.4 Å². The van der Waals surface area contributed by atoms with Crippen LogP contribution in [-0.2, 0) is 16.1 Å². The van der Waals surface area contributed by atoms with Gasteiger partial charge >= 0.3 is 0 Å². The van der Waals surface area contributed by atoms with Crippen molar-refractivity contribution in [2.45, 2.75) is 40.7 Å². The molecule has 0 saturated carbocycles. The highest BCUT2D eigenvalue weighted by molar-refractivity contribution is 5.92. The highest BCUT2D eigenvalue weighted by Gasteiger charge is 2.10. The van der Waals surface area contributed by atoms with Crippen molar-refractivity contribution in [2.24, 2.45) is 0 Å². The maximum atomic E-state index is 12.3. The number of hydrogen-bond donors (Lipinski definition) is 2. The van der Waals surface area contributed by atoms with Gasteiger partial charge in [0, 0.05) is 30.9 Å². The number of nitrogens with zero attached hydrogens (tertiary/aromatic N) is 4. The molecular formula is C18H26N6O2. The lowest BCUT2D eigenvalue weighted by atomic mass is 10.1. The van der Waals surface area contributed by atoms with Gasteiger partial charge in [-0.2, -0.15) is 0 Å². The lowest BCUT2D eigenvalue weighted by Crippen LogP contribution is -2.22. The molecule has 8 nitrogen and oxygen atoms in total. The van der Waals surface area contributed by atoms with Crippen molar-refractivity contribution < 1.29 is 9.59 Å². The van der Waals surface area contributed by atoms with E-state index in [0.29, 0.717) is 12.2 Å². The molecule has 0 atom stereocenters. The normalized spacial score (nSPS) is 10.5. The summed E-state index contributed by atoms with van der Waals surface area (Å²) < 4.78 is 1.39. The number of rotatable bonds is 8. The number of nitrogens with one attached hydrogen (secondary N) is 2. The molecule has 0 bridgehead atoms. The van der Waals surface area contributed by atoms with Crippen LogP contribution < -0.4 is 15.5 Å². The van der Waals surface area contributed by atoms with Crippen LogP contribution in [0.15, 0.2) is 24.4 Å². The highest BCUT2D eigenvalue weighted by Crippen LogP contribution is 2.22. The van der Waals surface area contributed by atoms with E-state index in [1.807, 2.05) is 19.1 Å². The van der Waals surface area contributed by atoms with Gasteiger partial charge in [0.2, 0.25) is 11.8 Å². The van der Waals surface area contributed by atoms with Crippen molar-refractivity contribution in [2.75, 3.05) is 28.6 Å². The van der Waals surface area contributed by atoms with E-state index in [4.69, 9.17) is 0 Å². The molecular weight excluding hydrogens is 332 g/mol. The van der Waals surface area contributed by atoms with Crippen molar-refractivity contribution in [1.29, 1.82) is 0 Å². The smallest absolute Gasteiger partial charge is 0.246 e. The molecule has 0 aliphatic heterocycles. The molecule has 2 N–H and O–H groups in total. The molecule has 2 rings (SSSR count). The molecule has 1 aromatic heterocycles. The number of hydrogen-bond acceptors (Lipinski definition) is 5. The lowest BCUT2D eigenvalue weighted by molar-refractivity contribution is -0.117. The molecule has 1 heterocycles. The first-order valence-electron chi connectivity index (χ1n) is 8.82. The zero-order valence-corrected chi connectivity index (χ0v) is 15.7. The first-order valence-corrected chi connectivity index (χ1v) is 8.82. The first-order chi connectivity index (χ1) is 12.5. The summed E-state index contributed by atoms with van der Waals surface area (Å²) in [6, 6.07) is 5.98. The van der Waals surface area contributed by atoms with Crippen molar-refractivity contribution >= 4 is 29.0 Å². The Bertz CT molecular complexity index is 767. The van der Waals surface area contributed by atoms with Gasteiger partial charge < -0.3 is 15.5 Å². The summed E-state index contributed by atoms with van der Waals surface area (Å²) in [5.41, 5.74) is 2.90. The number of amides is 2. The molecule has 2 aromatic rings. The van der Waals surface area contributed by atoms with Crippen LogP contribution in [0.3, 0.4) is 0 Å². The second-order valence-corrected chi connectivity index (χ2v) is 5.92. The van der Waals surface area contributed by atoms with Gasteiger partial charge in [0.15, 0.2) is 5.82 Å². The highest BCUT2D eigenvalue weighted by atomic mass is 16.2. The van der Waals surface area contributed by atoms with E-state index in [2.05, 4.69) is 45.8 Å². The molecule has 0 spiro atoms. The molecule has 140 valence electrons. The van der Waals surface area contributed by atoms with Crippen molar-refractivity contribution in [3.63, 3.8) is 0 Å². The molecule has 0 aliphatic carbocycles. The number of anilines is 3. The Morgan fingerprint density at radius 1 is 1.12 bits per heavy atom. The molecule has 0 unspecified atom stereocenters. The van der Waals surface area contributed by atoms with E-state index in [9.17, 15) is 9.59 Å². The van der Waals surface area contributed by atoms with Gasteiger partial charge in [0.25, 0.3) is 0 Å². The predicted octanol–water partition coefficient (Wildman–Crippen LogP) is 2.42. The van der Waals surface area contributed by atoms with Crippen molar-refractivity contribution in [3.05, 3.63) is 30.0 Å². The minimum atomic E-state index is -0.207. The van der Waals surface area contributed by atoms with E-state index >= 15 is 0 Å². The third-order valence-electron chi connectivity index (χ3n) is 4.05. The van der Waals surface area contributed by atoms with Crippen LogP contribution in [0.2, 0.25) is 0 Å². The average Bonchev–Trinajstić information content (AvgIpc) is 3.04. The van der Waals surface area contributed by atoms with Gasteiger partial charge in [0.05, 0.1) is 6.20 Å². The van der Waals surface area contributed by atoms with E-state index < -0.39 is 0 Å². The topological polar surface area (TPSA) is 92.2 Å². The first kappa shape index (κ1) is 19.4. The summed E-state index contributed by atoms with van der Waals surface area (Å²) in [6.45, 7) is 9.84. The van der Waals surface area contributed by atoms with Gasteiger partial charge in [-0.05, 0) is 44.5 Å². The zero-order valence-electron chi connectivity index (χ0n) is 15.7. The maximum Gasteiger partial charge on any atom is 0.246 e. The summed E-state index contributed by atoms with van der Waals surface area (Å²) in [5.74, 6) is -0.0169. The molecule has 1 aromatic carbocycles. The Morgan fingerprint density at radius 3 is 2.46 bits per heavy atom. The molecule has 2 amide bonds. The Kier molecular flexibility index (Phi) is 6.71. The summed E-state index contributed by atoms with van der Waals surface area (Å²) >= 11 is 0. The quantitative estimate of drug-likeness (QED) is 0.756. The summed E-state index contributed by atoms with van der Waals surface area (Å²) in [5, 5.41) is 13.2. The fraction of sp³-hybridized carbons (Fsp3) is 0.444. The molecule has 0 aliphatic rings. The minimum absolute atomic E-state index is 0.0201. The van der Waals surface area contributed by atoms with Gasteiger partial charge in [-0.25, -0.2) is 4.68 Å². The standard InChI is InChI=1S/C18H26N6O2/c1-5-17(25)20-16-11-24(22-21-16)12-18(26)19-15-9-8-14(10-13(15)4)23(6-2)7-3/h8-11H,5-7,12H2,1-4H3,(H,19,26)(H,20,25). The Balaban J connectivity index is 1.98. The van der Waals surface area contributed by atoms with E-state index in [1.165, 1.54) is 10.9 Å². The fourth-order valence-corrected chi connectivity index (χ4v) is 2.57. The monoisotopic (exact) mass is 358 g/mol. The van der Waals surface area contributed by atoms with Crippen LogP contribution in [0.1, 0.15) is 32.8 Å². The number of carbonyl (C=O) groups excluding carboxylic acids is 2. The number of benzene rings is 1. The van der Waals surface area contributed by atoms with Crippen LogP contribution >= 0.6 is 0 Å². The largest absolute Gasteiger partial charge is 0.372 e. The van der Waals surface area contributed by atoms with Gasteiger partial charge in [-0.15, -0.1) is 5.10 Å². The summed E-state index contributed by atoms with van der Waals surface area (Å²) in [7, 11) is 0. The molecule has 26 heavy (non-hydrogen) atoms. The van der Waals surface area contributed by atoms with E-state index in [0.717, 1.165) is 30.0 Å². The van der Waals surface area contributed by atoms with Crippen LogP contribution in [0, 0.1) is 6.92 Å². The third kappa shape index (κ3) is 5.05. The third-order valence-corrected chi connectivity index (χ3v) is 4.05. The van der Waals surface area contributed by atoms with Crippen LogP contribution in [0.4, 0.5) is 17.2 Å². The summed E-state index contributed by atoms with van der Waals surface area (Å²) in [4.78, 5) is 25.8. The second kappa shape index (κ2) is 8.98. The Hall–Kier alpha value is -2.90.